The maximum Gasteiger partial charge on any atom is 0.0451 e. The fourth-order valence-corrected chi connectivity index (χ4v) is 2.16. The molecule has 0 N–H and O–H groups in total. The van der Waals surface area contributed by atoms with Gasteiger partial charge in [-0.25, -0.2) is 0 Å². The van der Waals surface area contributed by atoms with Gasteiger partial charge in [-0.05, 0) is 38.1 Å². The molecule has 0 aliphatic carbocycles. The number of aromatic nitrogens is 3. The Morgan fingerprint density at radius 1 is 1.06 bits per heavy atom. The van der Waals surface area contributed by atoms with E-state index in [1.807, 2.05) is 18.5 Å². The van der Waals surface area contributed by atoms with Gasteiger partial charge in [0.05, 0.1) is 0 Å². The molecule has 0 saturated carbocycles. The smallest absolute Gasteiger partial charge is 0.0451 e. The van der Waals surface area contributed by atoms with E-state index >= 15 is 0 Å². The monoisotopic (exact) mass is 242 g/mol. The van der Waals surface area contributed by atoms with Gasteiger partial charge in [0, 0.05) is 43.2 Å². The second kappa shape index (κ2) is 6.81. The highest BCUT2D eigenvalue weighted by Crippen LogP contribution is 2.29. The van der Waals surface area contributed by atoms with Gasteiger partial charge in [0.2, 0.25) is 0 Å². The second-order valence-corrected chi connectivity index (χ2v) is 4.32. The van der Waals surface area contributed by atoms with Gasteiger partial charge in [-0.1, -0.05) is 6.07 Å². The van der Waals surface area contributed by atoms with Gasteiger partial charge in [-0.15, -0.1) is 0 Å². The van der Waals surface area contributed by atoms with Gasteiger partial charge in [-0.3, -0.25) is 19.9 Å². The molecule has 4 nitrogen and oxygen atoms in total. The topological polar surface area (TPSA) is 41.9 Å². The molecule has 2 aromatic rings. The Balaban J connectivity index is 0.000000169. The molecule has 1 aliphatic rings. The lowest BCUT2D eigenvalue weighted by Crippen LogP contribution is -2.17. The molecule has 1 aliphatic heterocycles. The third-order valence-corrected chi connectivity index (χ3v) is 3.07. The Hall–Kier alpha value is -1.81. The van der Waals surface area contributed by atoms with E-state index in [1.165, 1.54) is 24.9 Å². The lowest BCUT2D eigenvalue weighted by Gasteiger charge is -2.18. The summed E-state index contributed by atoms with van der Waals surface area (Å²) >= 11 is 0. The SMILES string of the molecule is CN1CCCC1c1cccnc1.c1cnccn1. The van der Waals surface area contributed by atoms with E-state index < -0.39 is 0 Å². The van der Waals surface area contributed by atoms with Crippen molar-refractivity contribution in [3.63, 3.8) is 0 Å². The standard InChI is InChI=1S/C10H14N2.C4H4N2/c1-12-7-3-5-10(12)9-4-2-6-11-8-9;1-2-6-4-3-5-1/h2,4,6,8,10H,3,5,7H2,1H3;1-4H. The van der Waals surface area contributed by atoms with Crippen molar-refractivity contribution >= 4 is 0 Å². The summed E-state index contributed by atoms with van der Waals surface area (Å²) in [6.07, 6.45) is 13.0. The van der Waals surface area contributed by atoms with Crippen molar-refractivity contribution < 1.29 is 0 Å². The summed E-state index contributed by atoms with van der Waals surface area (Å²) in [7, 11) is 2.19. The summed E-state index contributed by atoms with van der Waals surface area (Å²) in [5.41, 5.74) is 1.36. The highest BCUT2D eigenvalue weighted by Gasteiger charge is 2.21. The summed E-state index contributed by atoms with van der Waals surface area (Å²) < 4.78 is 0. The molecule has 0 aromatic carbocycles. The second-order valence-electron chi connectivity index (χ2n) is 4.32. The number of hydrogen-bond donors (Lipinski definition) is 0. The Morgan fingerprint density at radius 3 is 2.22 bits per heavy atom. The fraction of sp³-hybridized carbons (Fsp3) is 0.357. The van der Waals surface area contributed by atoms with Crippen LogP contribution in [0.1, 0.15) is 24.4 Å². The molecule has 0 bridgehead atoms. The van der Waals surface area contributed by atoms with Crippen LogP contribution < -0.4 is 0 Å². The van der Waals surface area contributed by atoms with Crippen molar-refractivity contribution in [1.82, 2.24) is 19.9 Å². The lowest BCUT2D eigenvalue weighted by atomic mass is 10.1. The number of rotatable bonds is 1. The van der Waals surface area contributed by atoms with Crippen molar-refractivity contribution in [2.24, 2.45) is 0 Å². The van der Waals surface area contributed by atoms with Gasteiger partial charge in [0.15, 0.2) is 0 Å². The van der Waals surface area contributed by atoms with E-state index in [-0.39, 0.29) is 0 Å². The summed E-state index contributed by atoms with van der Waals surface area (Å²) in [6.45, 7) is 1.22. The van der Waals surface area contributed by atoms with E-state index in [2.05, 4.69) is 33.0 Å². The molecule has 1 atom stereocenters. The average molecular weight is 242 g/mol. The third-order valence-electron chi connectivity index (χ3n) is 3.07. The van der Waals surface area contributed by atoms with Crippen LogP contribution in [-0.2, 0) is 0 Å². The van der Waals surface area contributed by atoms with Crippen LogP contribution in [0.5, 0.6) is 0 Å². The molecule has 0 spiro atoms. The van der Waals surface area contributed by atoms with Crippen LogP contribution in [0.4, 0.5) is 0 Å². The maximum absolute atomic E-state index is 4.14. The Bertz CT molecular complexity index is 405. The van der Waals surface area contributed by atoms with Gasteiger partial charge < -0.3 is 0 Å². The zero-order chi connectivity index (χ0) is 12.6. The van der Waals surface area contributed by atoms with Crippen LogP contribution in [0.25, 0.3) is 0 Å². The van der Waals surface area contributed by atoms with Crippen molar-refractivity contribution in [3.8, 4) is 0 Å². The fourth-order valence-electron chi connectivity index (χ4n) is 2.16. The highest BCUT2D eigenvalue weighted by molar-refractivity contribution is 5.14. The minimum Gasteiger partial charge on any atom is -0.299 e. The normalized spacial score (nSPS) is 19.1. The largest absolute Gasteiger partial charge is 0.299 e. The van der Waals surface area contributed by atoms with Crippen LogP contribution in [0, 0.1) is 0 Å². The zero-order valence-corrected chi connectivity index (χ0v) is 10.6. The van der Waals surface area contributed by atoms with Crippen molar-refractivity contribution in [2.75, 3.05) is 13.6 Å². The first-order chi connectivity index (χ1) is 8.88. The summed E-state index contributed by atoms with van der Waals surface area (Å²) in [6, 6.07) is 4.79. The van der Waals surface area contributed by atoms with E-state index in [4.69, 9.17) is 0 Å². The molecule has 3 rings (SSSR count). The molecule has 0 amide bonds. The van der Waals surface area contributed by atoms with Crippen molar-refractivity contribution in [3.05, 3.63) is 54.9 Å². The molecule has 2 aromatic heterocycles. The molecule has 0 radical (unpaired) electrons. The first-order valence-corrected chi connectivity index (χ1v) is 6.18. The Kier molecular flexibility index (Phi) is 4.78. The number of pyridine rings is 1. The molecule has 1 saturated heterocycles. The molecule has 4 heteroatoms. The summed E-state index contributed by atoms with van der Waals surface area (Å²) in [4.78, 5) is 14.0. The maximum atomic E-state index is 4.14. The van der Waals surface area contributed by atoms with Crippen LogP contribution in [-0.4, -0.2) is 33.4 Å². The van der Waals surface area contributed by atoms with E-state index in [0.29, 0.717) is 6.04 Å². The minimum atomic E-state index is 0.610. The summed E-state index contributed by atoms with van der Waals surface area (Å²) in [5.74, 6) is 0. The van der Waals surface area contributed by atoms with Crippen molar-refractivity contribution in [2.45, 2.75) is 18.9 Å². The average Bonchev–Trinajstić information content (AvgIpc) is 2.89. The summed E-state index contributed by atoms with van der Waals surface area (Å²) in [5, 5.41) is 0. The first-order valence-electron chi connectivity index (χ1n) is 6.18. The zero-order valence-electron chi connectivity index (χ0n) is 10.6. The highest BCUT2D eigenvalue weighted by atomic mass is 15.1. The third kappa shape index (κ3) is 3.60. The predicted molar refractivity (Wildman–Crippen MR) is 70.9 cm³/mol. The minimum absolute atomic E-state index is 0.610. The van der Waals surface area contributed by atoms with Crippen LogP contribution in [0.15, 0.2) is 49.3 Å². The predicted octanol–water partition coefficient (Wildman–Crippen LogP) is 2.32. The molecule has 3 heterocycles. The number of likely N-dealkylation sites (tertiary alicyclic amines) is 1. The van der Waals surface area contributed by atoms with Gasteiger partial charge in [0.25, 0.3) is 0 Å². The van der Waals surface area contributed by atoms with E-state index in [9.17, 15) is 0 Å². The van der Waals surface area contributed by atoms with Crippen LogP contribution in [0.2, 0.25) is 0 Å². The van der Waals surface area contributed by atoms with Gasteiger partial charge in [0.1, 0.15) is 0 Å². The Morgan fingerprint density at radius 2 is 1.78 bits per heavy atom. The van der Waals surface area contributed by atoms with E-state index in [0.717, 1.165) is 0 Å². The van der Waals surface area contributed by atoms with E-state index in [1.54, 1.807) is 24.8 Å². The quantitative estimate of drug-likeness (QED) is 0.769. The Labute approximate surface area is 108 Å². The molecule has 18 heavy (non-hydrogen) atoms. The molecular formula is C14H18N4. The number of nitrogens with zero attached hydrogens (tertiary/aromatic N) is 4. The van der Waals surface area contributed by atoms with Crippen LogP contribution >= 0.6 is 0 Å². The molecule has 94 valence electrons. The molecule has 1 unspecified atom stereocenters. The first kappa shape index (κ1) is 12.6. The van der Waals surface area contributed by atoms with Gasteiger partial charge >= 0.3 is 0 Å². The number of hydrogen-bond acceptors (Lipinski definition) is 4. The van der Waals surface area contributed by atoms with Gasteiger partial charge in [-0.2, -0.15) is 0 Å². The van der Waals surface area contributed by atoms with Crippen molar-refractivity contribution in [1.29, 1.82) is 0 Å². The molecular weight excluding hydrogens is 224 g/mol. The lowest BCUT2D eigenvalue weighted by molar-refractivity contribution is 0.317. The molecule has 1 fully saturated rings. The van der Waals surface area contributed by atoms with Crippen LogP contribution in [0.3, 0.4) is 0 Å².